The lowest BCUT2D eigenvalue weighted by atomic mass is 9.90. The van der Waals surface area contributed by atoms with Crippen molar-refractivity contribution in [1.29, 1.82) is 0 Å². The van der Waals surface area contributed by atoms with Crippen molar-refractivity contribution in [2.75, 3.05) is 38.2 Å². The Morgan fingerprint density at radius 3 is 2.41 bits per heavy atom. The molecule has 3 aromatic rings. The number of carbonyl (C=O) groups excluding carboxylic acids is 1. The van der Waals surface area contributed by atoms with Gasteiger partial charge in [0.25, 0.3) is 6.47 Å². The van der Waals surface area contributed by atoms with Crippen LogP contribution in [-0.2, 0) is 16.1 Å². The lowest BCUT2D eigenvalue weighted by molar-refractivity contribution is -0.147. The van der Waals surface area contributed by atoms with Gasteiger partial charge in [-0.05, 0) is 80.6 Å². The van der Waals surface area contributed by atoms with E-state index < -0.39 is 5.60 Å². The smallest absolute Gasteiger partial charge is 0.293 e. The van der Waals surface area contributed by atoms with Gasteiger partial charge in [0.2, 0.25) is 5.88 Å². The van der Waals surface area contributed by atoms with E-state index in [0.29, 0.717) is 31.4 Å². The van der Waals surface area contributed by atoms with Gasteiger partial charge in [-0.2, -0.15) is 0 Å². The van der Waals surface area contributed by atoms with Crippen molar-refractivity contribution in [3.63, 3.8) is 0 Å². The van der Waals surface area contributed by atoms with Crippen LogP contribution < -0.4 is 9.64 Å². The normalized spacial score (nSPS) is 17.0. The number of likely N-dealkylation sites (N-methyl/N-ethyl adjacent to an activating group) is 1. The van der Waals surface area contributed by atoms with Gasteiger partial charge in [0, 0.05) is 56.3 Å². The third-order valence-electron chi connectivity index (χ3n) is 7.97. The Hall–Kier alpha value is -3.45. The number of anilines is 1. The summed E-state index contributed by atoms with van der Waals surface area (Å²) in [6.45, 7) is 8.14. The number of likely N-dealkylation sites (tertiary alicyclic amines) is 1. The molecule has 2 aliphatic rings. The number of carbonyl (C=O) groups is 1. The van der Waals surface area contributed by atoms with Gasteiger partial charge in [0.1, 0.15) is 11.4 Å². The van der Waals surface area contributed by atoms with Crippen molar-refractivity contribution in [3.05, 3.63) is 77.1 Å². The Kier molecular flexibility index (Phi) is 8.17. The van der Waals surface area contributed by atoms with Gasteiger partial charge < -0.3 is 14.4 Å². The topological polar surface area (TPSA) is 54.9 Å². The van der Waals surface area contributed by atoms with E-state index in [9.17, 15) is 9.18 Å². The van der Waals surface area contributed by atoms with E-state index in [-0.39, 0.29) is 5.82 Å². The Morgan fingerprint density at radius 2 is 1.79 bits per heavy atom. The number of benzene rings is 2. The summed E-state index contributed by atoms with van der Waals surface area (Å²) in [7, 11) is 2.05. The molecule has 1 aromatic heterocycles. The van der Waals surface area contributed by atoms with Gasteiger partial charge in [-0.25, -0.2) is 9.37 Å². The molecular weight excluding hydrogens is 493 g/mol. The summed E-state index contributed by atoms with van der Waals surface area (Å²) in [5.41, 5.74) is 5.90. The fourth-order valence-corrected chi connectivity index (χ4v) is 5.57. The first kappa shape index (κ1) is 27.1. The van der Waals surface area contributed by atoms with E-state index in [1.54, 1.807) is 12.1 Å². The largest absolute Gasteiger partial charge is 0.478 e. The van der Waals surface area contributed by atoms with E-state index in [4.69, 9.17) is 14.5 Å². The van der Waals surface area contributed by atoms with Crippen LogP contribution in [-0.4, -0.2) is 55.2 Å². The number of nitrogens with zero attached hydrogens (tertiary/aromatic N) is 3. The Labute approximate surface area is 230 Å². The first-order chi connectivity index (χ1) is 18.9. The number of rotatable bonds is 11. The van der Waals surface area contributed by atoms with E-state index in [1.165, 1.54) is 23.3 Å². The number of aryl methyl sites for hydroxylation is 1. The standard InChI is InChI=1S/C32H38FN3O3/c1-4-38-31-26(19-29(24-7-8-24)30(34-31)25-9-11-27(33)12-10-25)20-36-17-15-32(16-18-36,39-22-37)21-35(3)28-13-5-23(2)6-14-28/h5-6,9-14,19,22,24H,4,7-8,15-18,20-21H2,1-3H3. The molecule has 1 saturated heterocycles. The predicted molar refractivity (Wildman–Crippen MR) is 152 cm³/mol. The first-order valence-electron chi connectivity index (χ1n) is 13.9. The molecule has 206 valence electrons. The fraction of sp³-hybridized carbons (Fsp3) is 0.438. The third kappa shape index (κ3) is 6.41. The minimum Gasteiger partial charge on any atom is -0.478 e. The summed E-state index contributed by atoms with van der Waals surface area (Å²) < 4.78 is 25.4. The molecule has 6 nitrogen and oxygen atoms in total. The fourth-order valence-electron chi connectivity index (χ4n) is 5.57. The number of ether oxygens (including phenoxy) is 2. The maximum atomic E-state index is 13.6. The molecule has 5 rings (SSSR count). The molecule has 0 radical (unpaired) electrons. The predicted octanol–water partition coefficient (Wildman–Crippen LogP) is 6.12. The number of halogens is 1. The van der Waals surface area contributed by atoms with Crippen LogP contribution in [0.4, 0.5) is 10.1 Å². The van der Waals surface area contributed by atoms with E-state index in [1.807, 2.05) is 6.92 Å². The summed E-state index contributed by atoms with van der Waals surface area (Å²) in [5, 5.41) is 0. The highest BCUT2D eigenvalue weighted by molar-refractivity contribution is 5.66. The summed E-state index contributed by atoms with van der Waals surface area (Å²) in [6, 6.07) is 17.2. The zero-order valence-corrected chi connectivity index (χ0v) is 23.2. The number of aromatic nitrogens is 1. The van der Waals surface area contributed by atoms with Crippen LogP contribution in [0.25, 0.3) is 11.3 Å². The molecule has 39 heavy (non-hydrogen) atoms. The van der Waals surface area contributed by atoms with Gasteiger partial charge in [-0.3, -0.25) is 9.69 Å². The maximum Gasteiger partial charge on any atom is 0.293 e. The molecule has 1 aliphatic heterocycles. The number of piperidine rings is 1. The van der Waals surface area contributed by atoms with Crippen LogP contribution in [0.15, 0.2) is 54.6 Å². The molecule has 1 aliphatic carbocycles. The molecule has 0 N–H and O–H groups in total. The van der Waals surface area contributed by atoms with Crippen molar-refractivity contribution in [3.8, 4) is 17.1 Å². The molecule has 2 aromatic carbocycles. The molecule has 0 unspecified atom stereocenters. The minimum absolute atomic E-state index is 0.252. The summed E-state index contributed by atoms with van der Waals surface area (Å²) in [5.74, 6) is 0.874. The summed E-state index contributed by atoms with van der Waals surface area (Å²) in [6.07, 6.45) is 3.80. The molecule has 0 spiro atoms. The van der Waals surface area contributed by atoms with Crippen LogP contribution in [0.1, 0.15) is 55.2 Å². The molecule has 1 saturated carbocycles. The molecule has 7 heteroatoms. The van der Waals surface area contributed by atoms with Gasteiger partial charge in [0.05, 0.1) is 18.8 Å². The molecule has 2 fully saturated rings. The number of hydrogen-bond acceptors (Lipinski definition) is 6. The van der Waals surface area contributed by atoms with E-state index in [0.717, 1.165) is 67.8 Å². The maximum absolute atomic E-state index is 13.6. The van der Waals surface area contributed by atoms with Gasteiger partial charge in [0.15, 0.2) is 0 Å². The average molecular weight is 532 g/mol. The quantitative estimate of drug-likeness (QED) is 0.278. The number of pyridine rings is 1. The number of hydrogen-bond donors (Lipinski definition) is 0. The zero-order valence-electron chi connectivity index (χ0n) is 23.2. The molecular formula is C32H38FN3O3. The van der Waals surface area contributed by atoms with E-state index in [2.05, 4.69) is 54.1 Å². The van der Waals surface area contributed by atoms with Crippen LogP contribution in [0.3, 0.4) is 0 Å². The third-order valence-corrected chi connectivity index (χ3v) is 7.97. The Balaban J connectivity index is 1.33. The Morgan fingerprint density at radius 1 is 1.10 bits per heavy atom. The van der Waals surface area contributed by atoms with Gasteiger partial charge >= 0.3 is 0 Å². The average Bonchev–Trinajstić information content (AvgIpc) is 3.77. The second-order valence-corrected chi connectivity index (χ2v) is 11.0. The highest BCUT2D eigenvalue weighted by atomic mass is 19.1. The molecule has 0 amide bonds. The molecule has 0 bridgehead atoms. The zero-order chi connectivity index (χ0) is 27.4. The lowest BCUT2D eigenvalue weighted by Crippen LogP contribution is -2.51. The first-order valence-corrected chi connectivity index (χ1v) is 13.9. The van der Waals surface area contributed by atoms with Crippen LogP contribution >= 0.6 is 0 Å². The highest BCUT2D eigenvalue weighted by Crippen LogP contribution is 2.45. The summed E-state index contributed by atoms with van der Waals surface area (Å²) in [4.78, 5) is 21.0. The van der Waals surface area contributed by atoms with Crippen LogP contribution in [0.5, 0.6) is 5.88 Å². The van der Waals surface area contributed by atoms with Crippen molar-refractivity contribution in [1.82, 2.24) is 9.88 Å². The van der Waals surface area contributed by atoms with Crippen molar-refractivity contribution in [2.45, 2.75) is 57.6 Å². The second-order valence-electron chi connectivity index (χ2n) is 11.0. The highest BCUT2D eigenvalue weighted by Gasteiger charge is 2.38. The minimum atomic E-state index is -0.523. The summed E-state index contributed by atoms with van der Waals surface area (Å²) >= 11 is 0. The SMILES string of the molecule is CCOc1nc(-c2ccc(F)cc2)c(C2CC2)cc1CN1CCC(CN(C)c2ccc(C)cc2)(OC=O)CC1. The van der Waals surface area contributed by atoms with E-state index >= 15 is 0 Å². The monoisotopic (exact) mass is 531 g/mol. The second kappa shape index (κ2) is 11.7. The van der Waals surface area contributed by atoms with Crippen LogP contribution in [0.2, 0.25) is 0 Å². The molecule has 0 atom stereocenters. The lowest BCUT2D eigenvalue weighted by Gasteiger charge is -2.42. The van der Waals surface area contributed by atoms with Crippen molar-refractivity contribution < 1.29 is 18.7 Å². The van der Waals surface area contributed by atoms with Gasteiger partial charge in [-0.15, -0.1) is 0 Å². The molecule has 2 heterocycles. The van der Waals surface area contributed by atoms with Crippen LogP contribution in [0, 0.1) is 12.7 Å². The Bertz CT molecular complexity index is 1270. The van der Waals surface area contributed by atoms with Crippen molar-refractivity contribution >= 4 is 12.2 Å². The van der Waals surface area contributed by atoms with Crippen molar-refractivity contribution in [2.24, 2.45) is 0 Å². The van der Waals surface area contributed by atoms with Gasteiger partial charge in [-0.1, -0.05) is 17.7 Å².